The highest BCUT2D eigenvalue weighted by molar-refractivity contribution is 9.10. The molecule has 0 radical (unpaired) electrons. The van der Waals surface area contributed by atoms with Gasteiger partial charge in [0, 0.05) is 28.3 Å². The lowest BCUT2D eigenvalue weighted by Crippen LogP contribution is -2.30. The van der Waals surface area contributed by atoms with Crippen LogP contribution in [0.5, 0.6) is 0 Å². The SMILES string of the molecule is Clc1cc2[nH]c([C@@H]3C[C@H]4C#C[C@H]4N3)nc2c2ccc(-c3ccc(-c4nc([C@@H]5C[C@H]6C[C@H]6N5)[nH]c4Br)cc3)cc12. The van der Waals surface area contributed by atoms with Gasteiger partial charge in [-0.05, 0) is 64.4 Å². The fraction of sp³-hybridized carbons (Fsp3) is 0.290. The maximum absolute atomic E-state index is 6.81. The first-order valence-electron chi connectivity index (χ1n) is 13.6. The predicted molar refractivity (Wildman–Crippen MR) is 157 cm³/mol. The highest BCUT2D eigenvalue weighted by Crippen LogP contribution is 2.46. The Morgan fingerprint density at radius 2 is 1.59 bits per heavy atom. The van der Waals surface area contributed by atoms with Gasteiger partial charge in [-0.3, -0.25) is 5.32 Å². The van der Waals surface area contributed by atoms with Crippen molar-refractivity contribution in [2.24, 2.45) is 11.8 Å². The summed E-state index contributed by atoms with van der Waals surface area (Å²) in [7, 11) is 0. The van der Waals surface area contributed by atoms with E-state index in [9.17, 15) is 0 Å². The number of rotatable bonds is 4. The van der Waals surface area contributed by atoms with Gasteiger partial charge in [-0.15, -0.1) is 0 Å². The van der Waals surface area contributed by atoms with E-state index in [0.29, 0.717) is 24.0 Å². The fourth-order valence-corrected chi connectivity index (χ4v) is 7.44. The smallest absolute Gasteiger partial charge is 0.124 e. The van der Waals surface area contributed by atoms with Gasteiger partial charge in [-0.25, -0.2) is 9.97 Å². The number of piperidine rings is 1. The number of hydrogen-bond acceptors (Lipinski definition) is 4. The first kappa shape index (κ1) is 22.6. The first-order valence-corrected chi connectivity index (χ1v) is 14.8. The summed E-state index contributed by atoms with van der Waals surface area (Å²) in [5.41, 5.74) is 6.22. The topological polar surface area (TPSA) is 81.4 Å². The molecule has 4 aliphatic rings. The van der Waals surface area contributed by atoms with E-state index in [2.05, 4.69) is 90.8 Å². The molecule has 2 aliphatic carbocycles. The number of nitrogens with zero attached hydrogens (tertiary/aromatic N) is 2. The molecule has 2 aromatic heterocycles. The van der Waals surface area contributed by atoms with Gasteiger partial charge in [0.2, 0.25) is 0 Å². The molecule has 39 heavy (non-hydrogen) atoms. The largest absolute Gasteiger partial charge is 0.341 e. The molecule has 9 rings (SSSR count). The molecule has 0 amide bonds. The zero-order valence-electron chi connectivity index (χ0n) is 20.9. The number of halogens is 2. The van der Waals surface area contributed by atoms with E-state index >= 15 is 0 Å². The number of fused-ring (bicyclic) bond motifs is 5. The molecule has 8 heteroatoms. The Hall–Kier alpha value is -3.15. The summed E-state index contributed by atoms with van der Waals surface area (Å²) < 4.78 is 0.931. The second-order valence-electron chi connectivity index (χ2n) is 11.4. The Morgan fingerprint density at radius 3 is 2.33 bits per heavy atom. The van der Waals surface area contributed by atoms with Crippen molar-refractivity contribution in [2.75, 3.05) is 0 Å². The fourth-order valence-electron chi connectivity index (χ4n) is 6.66. The number of benzene rings is 3. The van der Waals surface area contributed by atoms with Gasteiger partial charge in [-0.1, -0.05) is 59.8 Å². The van der Waals surface area contributed by atoms with Crippen molar-refractivity contribution in [3.8, 4) is 34.2 Å². The van der Waals surface area contributed by atoms with Gasteiger partial charge in [0.05, 0.1) is 34.2 Å². The standard InChI is InChI=1S/C31H24BrClN6/c32-29-27(37-31(39-29)26-12-18-11-23(18)35-26)15-3-1-14(2-4-15)16-5-7-19-20(9-16)21(33)13-24-28(19)38-30(36-24)25-10-17-6-8-22(17)34-25/h1-5,7,9,13,17-18,22-23,25-26,34-35H,10-12H2,(H,36,38)(H,37,39)/t17-,18-,22-,23-,25+,26+/m1/s1. The molecule has 6 atom stereocenters. The van der Waals surface area contributed by atoms with Crippen molar-refractivity contribution in [1.29, 1.82) is 0 Å². The summed E-state index contributed by atoms with van der Waals surface area (Å²) in [6.45, 7) is 0. The van der Waals surface area contributed by atoms with E-state index in [-0.39, 0.29) is 6.04 Å². The second-order valence-corrected chi connectivity index (χ2v) is 12.6. The molecular weight excluding hydrogens is 572 g/mol. The maximum Gasteiger partial charge on any atom is 0.124 e. The summed E-state index contributed by atoms with van der Waals surface area (Å²) in [5, 5.41) is 10.1. The van der Waals surface area contributed by atoms with Crippen LogP contribution < -0.4 is 10.6 Å². The van der Waals surface area contributed by atoms with E-state index in [0.717, 1.165) is 77.8 Å². The Balaban J connectivity index is 1.02. The van der Waals surface area contributed by atoms with E-state index in [1.165, 1.54) is 12.8 Å². The van der Waals surface area contributed by atoms with E-state index in [1.54, 1.807) is 0 Å². The molecule has 1 saturated carbocycles. The molecule has 0 spiro atoms. The molecule has 4 N–H and O–H groups in total. The summed E-state index contributed by atoms with van der Waals surface area (Å²) in [4.78, 5) is 16.9. The monoisotopic (exact) mass is 594 g/mol. The van der Waals surface area contributed by atoms with Crippen LogP contribution in [-0.4, -0.2) is 32.0 Å². The molecule has 0 unspecified atom stereocenters. The first-order chi connectivity index (χ1) is 19.1. The van der Waals surface area contributed by atoms with E-state index < -0.39 is 0 Å². The Labute approximate surface area is 238 Å². The number of H-pyrrole nitrogens is 2. The second kappa shape index (κ2) is 8.18. The third-order valence-electron chi connectivity index (χ3n) is 8.96. The quantitative estimate of drug-likeness (QED) is 0.175. The van der Waals surface area contributed by atoms with Crippen LogP contribution in [0, 0.1) is 23.7 Å². The van der Waals surface area contributed by atoms with Gasteiger partial charge < -0.3 is 15.3 Å². The van der Waals surface area contributed by atoms with Crippen LogP contribution in [0.3, 0.4) is 0 Å². The van der Waals surface area contributed by atoms with Crippen molar-refractivity contribution in [3.63, 3.8) is 0 Å². The lowest BCUT2D eigenvalue weighted by atomic mass is 9.93. The number of imidazole rings is 2. The minimum atomic E-state index is 0.187. The lowest BCUT2D eigenvalue weighted by Gasteiger charge is -2.13. The van der Waals surface area contributed by atoms with Crippen molar-refractivity contribution in [3.05, 3.63) is 69.8 Å². The van der Waals surface area contributed by atoms with Crippen LogP contribution in [0.4, 0.5) is 0 Å². The molecule has 3 aromatic carbocycles. The average Bonchev–Trinajstić information content (AvgIpc) is 3.32. The van der Waals surface area contributed by atoms with Crippen molar-refractivity contribution >= 4 is 49.3 Å². The molecule has 2 saturated heterocycles. The van der Waals surface area contributed by atoms with Gasteiger partial charge >= 0.3 is 0 Å². The van der Waals surface area contributed by atoms with Crippen molar-refractivity contribution in [1.82, 2.24) is 30.6 Å². The van der Waals surface area contributed by atoms with Crippen LogP contribution in [-0.2, 0) is 0 Å². The molecular formula is C31H24BrClN6. The van der Waals surface area contributed by atoms with Gasteiger partial charge in [-0.2, -0.15) is 0 Å². The number of aromatic amines is 2. The van der Waals surface area contributed by atoms with Crippen LogP contribution in [0.1, 0.15) is 43.0 Å². The van der Waals surface area contributed by atoms with Crippen LogP contribution >= 0.6 is 27.5 Å². The molecule has 2 aliphatic heterocycles. The Morgan fingerprint density at radius 1 is 0.795 bits per heavy atom. The van der Waals surface area contributed by atoms with Crippen LogP contribution in [0.2, 0.25) is 5.02 Å². The average molecular weight is 596 g/mol. The third-order valence-corrected chi connectivity index (χ3v) is 9.84. The van der Waals surface area contributed by atoms with E-state index in [4.69, 9.17) is 21.6 Å². The third kappa shape index (κ3) is 3.56. The highest BCUT2D eigenvalue weighted by atomic mass is 79.9. The Bertz CT molecular complexity index is 1850. The molecule has 5 aromatic rings. The maximum atomic E-state index is 6.81. The molecule has 192 valence electrons. The van der Waals surface area contributed by atoms with Crippen LogP contribution in [0.25, 0.3) is 44.2 Å². The normalized spacial score (nSPS) is 28.3. The molecule has 0 bridgehead atoms. The summed E-state index contributed by atoms with van der Waals surface area (Å²) in [6.07, 6.45) is 3.49. The minimum Gasteiger partial charge on any atom is -0.341 e. The molecule has 4 heterocycles. The number of aromatic nitrogens is 4. The van der Waals surface area contributed by atoms with E-state index in [1.807, 2.05) is 6.07 Å². The summed E-state index contributed by atoms with van der Waals surface area (Å²) >= 11 is 10.5. The predicted octanol–water partition coefficient (Wildman–Crippen LogP) is 6.65. The van der Waals surface area contributed by atoms with Gasteiger partial charge in [0.15, 0.2) is 0 Å². The van der Waals surface area contributed by atoms with Crippen molar-refractivity contribution in [2.45, 2.75) is 43.4 Å². The van der Waals surface area contributed by atoms with Crippen molar-refractivity contribution < 1.29 is 0 Å². The molecule has 3 fully saturated rings. The highest BCUT2D eigenvalue weighted by Gasteiger charge is 2.47. The van der Waals surface area contributed by atoms with Gasteiger partial charge in [0.25, 0.3) is 0 Å². The lowest BCUT2D eigenvalue weighted by molar-refractivity contribution is 0.543. The minimum absolute atomic E-state index is 0.187. The summed E-state index contributed by atoms with van der Waals surface area (Å²) in [6, 6.07) is 18.6. The Kier molecular flexibility index (Phi) is 4.75. The van der Waals surface area contributed by atoms with Gasteiger partial charge in [0.1, 0.15) is 21.9 Å². The van der Waals surface area contributed by atoms with Crippen LogP contribution in [0.15, 0.2) is 53.1 Å². The molecule has 6 nitrogen and oxygen atoms in total. The summed E-state index contributed by atoms with van der Waals surface area (Å²) in [5.74, 6) is 9.70. The number of nitrogens with one attached hydrogen (secondary N) is 4. The number of hydrogen-bond donors (Lipinski definition) is 4. The zero-order valence-corrected chi connectivity index (χ0v) is 23.2. The zero-order chi connectivity index (χ0) is 25.8.